The fourth-order valence-electron chi connectivity index (χ4n) is 5.18. The van der Waals surface area contributed by atoms with Crippen LogP contribution in [0.5, 0.6) is 0 Å². The van der Waals surface area contributed by atoms with E-state index in [4.69, 9.17) is 11.6 Å². The lowest BCUT2D eigenvalue weighted by molar-refractivity contribution is -0.139. The Morgan fingerprint density at radius 2 is 1.55 bits per heavy atom. The van der Waals surface area contributed by atoms with Crippen LogP contribution in [0.4, 0.5) is 5.69 Å². The highest BCUT2D eigenvalue weighted by Gasteiger charge is 2.33. The van der Waals surface area contributed by atoms with E-state index in [0.29, 0.717) is 16.3 Å². The molecular formula is C33H40ClN3O4S. The quantitative estimate of drug-likeness (QED) is 0.271. The zero-order valence-electron chi connectivity index (χ0n) is 24.7. The molecule has 1 N–H and O–H groups in total. The second kappa shape index (κ2) is 13.7. The fraction of sp³-hybridized carbons (Fsp3) is 0.394. The Kier molecular flexibility index (Phi) is 10.3. The van der Waals surface area contributed by atoms with Crippen LogP contribution >= 0.6 is 11.6 Å². The third-order valence-corrected chi connectivity index (χ3v) is 10.1. The highest BCUT2D eigenvalue weighted by molar-refractivity contribution is 7.92. The van der Waals surface area contributed by atoms with Gasteiger partial charge in [-0.25, -0.2) is 8.42 Å². The Labute approximate surface area is 254 Å². The van der Waals surface area contributed by atoms with E-state index >= 15 is 0 Å². The van der Waals surface area contributed by atoms with Crippen molar-refractivity contribution in [2.24, 2.45) is 0 Å². The van der Waals surface area contributed by atoms with Crippen LogP contribution < -0.4 is 9.62 Å². The van der Waals surface area contributed by atoms with E-state index in [1.54, 1.807) is 61.5 Å². The average molecular weight is 610 g/mol. The number of rotatable bonds is 11. The first kappa shape index (κ1) is 31.6. The third-order valence-electron chi connectivity index (χ3n) is 7.90. The van der Waals surface area contributed by atoms with Crippen molar-refractivity contribution in [3.63, 3.8) is 0 Å². The van der Waals surface area contributed by atoms with Gasteiger partial charge in [-0.2, -0.15) is 0 Å². The maximum absolute atomic E-state index is 14.1. The molecule has 0 unspecified atom stereocenters. The van der Waals surface area contributed by atoms with Crippen LogP contribution in [0.1, 0.15) is 69.1 Å². The molecule has 3 aromatic rings. The average Bonchev–Trinajstić information content (AvgIpc) is 3.48. The monoisotopic (exact) mass is 609 g/mol. The summed E-state index contributed by atoms with van der Waals surface area (Å²) in [5.41, 5.74) is 3.01. The first-order chi connectivity index (χ1) is 20.0. The predicted octanol–water partition coefficient (Wildman–Crippen LogP) is 6.44. The van der Waals surface area contributed by atoms with Crippen LogP contribution in [-0.2, 0) is 26.2 Å². The van der Waals surface area contributed by atoms with Crippen LogP contribution in [0, 0.1) is 6.92 Å². The molecule has 0 saturated heterocycles. The molecule has 1 atom stereocenters. The molecule has 1 fully saturated rings. The van der Waals surface area contributed by atoms with Crippen molar-refractivity contribution in [2.75, 3.05) is 10.8 Å². The van der Waals surface area contributed by atoms with Gasteiger partial charge in [0.25, 0.3) is 10.0 Å². The van der Waals surface area contributed by atoms with Gasteiger partial charge in [0.05, 0.1) is 10.6 Å². The van der Waals surface area contributed by atoms with Gasteiger partial charge < -0.3 is 10.2 Å². The molecule has 0 radical (unpaired) electrons. The Hall–Kier alpha value is -3.36. The van der Waals surface area contributed by atoms with Gasteiger partial charge in [0.1, 0.15) is 12.6 Å². The van der Waals surface area contributed by atoms with E-state index in [2.05, 4.69) is 19.2 Å². The summed E-state index contributed by atoms with van der Waals surface area (Å²) in [7, 11) is -4.12. The molecule has 1 aliphatic carbocycles. The maximum Gasteiger partial charge on any atom is 0.264 e. The van der Waals surface area contributed by atoms with Crippen molar-refractivity contribution in [3.8, 4) is 0 Å². The minimum absolute atomic E-state index is 0.0580. The van der Waals surface area contributed by atoms with Crippen LogP contribution in [0.15, 0.2) is 77.7 Å². The first-order valence-electron chi connectivity index (χ1n) is 14.5. The molecule has 4 rings (SSSR count). The second-order valence-corrected chi connectivity index (χ2v) is 13.6. The summed E-state index contributed by atoms with van der Waals surface area (Å²) in [6.07, 6.45) is 3.93. The number of carbonyl (C=O) groups is 2. The van der Waals surface area contributed by atoms with Crippen molar-refractivity contribution < 1.29 is 18.0 Å². The Morgan fingerprint density at radius 1 is 0.929 bits per heavy atom. The molecule has 9 heteroatoms. The van der Waals surface area contributed by atoms with Gasteiger partial charge in [0, 0.05) is 17.6 Å². The van der Waals surface area contributed by atoms with E-state index in [9.17, 15) is 18.0 Å². The number of carbonyl (C=O) groups excluding carboxylic acids is 2. The molecule has 0 bridgehead atoms. The van der Waals surface area contributed by atoms with E-state index in [-0.39, 0.29) is 29.3 Å². The lowest BCUT2D eigenvalue weighted by Crippen LogP contribution is -2.52. The zero-order valence-corrected chi connectivity index (χ0v) is 26.3. The number of anilines is 1. The number of benzene rings is 3. The first-order valence-corrected chi connectivity index (χ1v) is 16.3. The smallest absolute Gasteiger partial charge is 0.264 e. The predicted molar refractivity (Wildman–Crippen MR) is 168 cm³/mol. The summed E-state index contributed by atoms with van der Waals surface area (Å²) in [4.78, 5) is 29.0. The van der Waals surface area contributed by atoms with Gasteiger partial charge in [0.2, 0.25) is 11.8 Å². The molecule has 224 valence electrons. The molecule has 2 amide bonds. The van der Waals surface area contributed by atoms with E-state index < -0.39 is 28.5 Å². The summed E-state index contributed by atoms with van der Waals surface area (Å²) in [6, 6.07) is 20.1. The molecule has 1 aliphatic rings. The van der Waals surface area contributed by atoms with Crippen LogP contribution in [0.3, 0.4) is 0 Å². The van der Waals surface area contributed by atoms with Crippen LogP contribution in [0.2, 0.25) is 5.02 Å². The Balaban J connectivity index is 1.70. The number of halogens is 1. The Bertz CT molecular complexity index is 1480. The lowest BCUT2D eigenvalue weighted by atomic mass is 10.0. The van der Waals surface area contributed by atoms with E-state index in [1.807, 2.05) is 25.1 Å². The van der Waals surface area contributed by atoms with Crippen molar-refractivity contribution in [1.82, 2.24) is 10.2 Å². The SMILES string of the molecule is Cc1ccc(S(=O)(=O)N(CC(=O)N(Cc2ccccc2Cl)[C@@H](C)C(=O)NC2CCCC2)c2ccc(C(C)C)cc2)cc1. The lowest BCUT2D eigenvalue weighted by Gasteiger charge is -2.32. The number of sulfonamides is 1. The molecule has 0 aromatic heterocycles. The highest BCUT2D eigenvalue weighted by Crippen LogP contribution is 2.27. The third kappa shape index (κ3) is 7.53. The topological polar surface area (TPSA) is 86.8 Å². The summed E-state index contributed by atoms with van der Waals surface area (Å²) in [6.45, 7) is 7.25. The molecular weight excluding hydrogens is 570 g/mol. The molecule has 1 saturated carbocycles. The van der Waals surface area contributed by atoms with Gasteiger partial charge in [-0.05, 0) is 74.1 Å². The molecule has 42 heavy (non-hydrogen) atoms. The normalized spacial score (nSPS) is 14.5. The molecule has 0 heterocycles. The van der Waals surface area contributed by atoms with Crippen molar-refractivity contribution in [3.05, 3.63) is 94.5 Å². The summed E-state index contributed by atoms with van der Waals surface area (Å²) >= 11 is 6.46. The van der Waals surface area contributed by atoms with Gasteiger partial charge in [-0.1, -0.05) is 86.3 Å². The van der Waals surface area contributed by atoms with Crippen molar-refractivity contribution >= 4 is 39.1 Å². The van der Waals surface area contributed by atoms with Crippen molar-refractivity contribution in [1.29, 1.82) is 0 Å². The molecule has 0 aliphatic heterocycles. The maximum atomic E-state index is 14.1. The zero-order chi connectivity index (χ0) is 30.4. The Morgan fingerprint density at radius 3 is 2.14 bits per heavy atom. The summed E-state index contributed by atoms with van der Waals surface area (Å²) in [5.74, 6) is -0.516. The highest BCUT2D eigenvalue weighted by atomic mass is 35.5. The van der Waals surface area contributed by atoms with Crippen LogP contribution in [0.25, 0.3) is 0 Å². The molecule has 7 nitrogen and oxygen atoms in total. The standard InChI is InChI=1S/C33H40ClN3O4S/c1-23(2)26-15-17-29(18-16-26)37(42(40,41)30-19-13-24(3)14-20-30)22-32(38)36(21-27-9-5-8-12-31(27)34)25(4)33(39)35-28-10-6-7-11-28/h5,8-9,12-20,23,25,28H,6-7,10-11,21-22H2,1-4H3,(H,35,39)/t25-/m0/s1. The van der Waals surface area contributed by atoms with E-state index in [0.717, 1.165) is 41.1 Å². The minimum Gasteiger partial charge on any atom is -0.352 e. The summed E-state index contributed by atoms with van der Waals surface area (Å²) < 4.78 is 29.2. The number of nitrogens with one attached hydrogen (secondary N) is 1. The minimum atomic E-state index is -4.12. The van der Waals surface area contributed by atoms with Gasteiger partial charge in [-0.15, -0.1) is 0 Å². The summed E-state index contributed by atoms with van der Waals surface area (Å²) in [5, 5.41) is 3.54. The number of amides is 2. The van der Waals surface area contributed by atoms with Crippen molar-refractivity contribution in [2.45, 2.75) is 82.8 Å². The van der Waals surface area contributed by atoms with Gasteiger partial charge in [-0.3, -0.25) is 13.9 Å². The van der Waals surface area contributed by atoms with Crippen LogP contribution in [-0.4, -0.2) is 43.8 Å². The second-order valence-electron chi connectivity index (χ2n) is 11.3. The fourth-order valence-corrected chi connectivity index (χ4v) is 6.79. The number of hydrogen-bond donors (Lipinski definition) is 1. The largest absolute Gasteiger partial charge is 0.352 e. The molecule has 3 aromatic carbocycles. The molecule has 0 spiro atoms. The van der Waals surface area contributed by atoms with Gasteiger partial charge >= 0.3 is 0 Å². The van der Waals surface area contributed by atoms with Gasteiger partial charge in [0.15, 0.2) is 0 Å². The number of nitrogens with zero attached hydrogens (tertiary/aromatic N) is 2. The number of aryl methyl sites for hydroxylation is 1. The number of hydrogen-bond acceptors (Lipinski definition) is 4. The van der Waals surface area contributed by atoms with E-state index in [1.165, 1.54) is 4.90 Å².